The van der Waals surface area contributed by atoms with Crippen LogP contribution in [-0.4, -0.2) is 28.6 Å². The number of hydrogen-bond donors (Lipinski definition) is 2. The van der Waals surface area contributed by atoms with Crippen molar-refractivity contribution in [3.63, 3.8) is 0 Å². The Bertz CT molecular complexity index is 626. The second-order valence-electron chi connectivity index (χ2n) is 4.11. The zero-order valence-electron chi connectivity index (χ0n) is 11.7. The summed E-state index contributed by atoms with van der Waals surface area (Å²) in [5.41, 5.74) is 0.518. The number of benzene rings is 1. The summed E-state index contributed by atoms with van der Waals surface area (Å²) in [5, 5.41) is 5.76. The Kier molecular flexibility index (Phi) is 5.26. The molecule has 0 spiro atoms. The van der Waals surface area contributed by atoms with Gasteiger partial charge in [0.05, 0.1) is 12.3 Å². The number of ether oxygens (including phenoxy) is 1. The van der Waals surface area contributed by atoms with Crippen LogP contribution in [0.2, 0.25) is 0 Å². The largest absolute Gasteiger partial charge is 0.463 e. The lowest BCUT2D eigenvalue weighted by Gasteiger charge is -2.10. The van der Waals surface area contributed by atoms with Crippen molar-refractivity contribution < 1.29 is 9.13 Å². The predicted octanol–water partition coefficient (Wildman–Crippen LogP) is 3.35. The number of nitrogens with zero attached hydrogens (tertiary/aromatic N) is 3. The Balaban J connectivity index is 2.27. The molecule has 1 aromatic carbocycles. The molecule has 0 aliphatic heterocycles. The molecule has 21 heavy (non-hydrogen) atoms. The van der Waals surface area contributed by atoms with E-state index in [9.17, 15) is 4.39 Å². The van der Waals surface area contributed by atoms with E-state index < -0.39 is 0 Å². The van der Waals surface area contributed by atoms with Gasteiger partial charge in [0.25, 0.3) is 0 Å². The van der Waals surface area contributed by atoms with Crippen LogP contribution in [0.5, 0.6) is 6.01 Å². The van der Waals surface area contributed by atoms with Gasteiger partial charge in [-0.15, -0.1) is 0 Å². The van der Waals surface area contributed by atoms with E-state index in [-0.39, 0.29) is 17.8 Å². The first-order valence-corrected chi connectivity index (χ1v) is 7.20. The van der Waals surface area contributed by atoms with Gasteiger partial charge in [-0.05, 0) is 40.5 Å². The molecule has 0 unspecified atom stereocenters. The number of hydrogen-bond acceptors (Lipinski definition) is 6. The van der Waals surface area contributed by atoms with Gasteiger partial charge in [0.2, 0.25) is 11.9 Å². The fourth-order valence-corrected chi connectivity index (χ4v) is 1.84. The highest BCUT2D eigenvalue weighted by Gasteiger charge is 2.09. The number of aromatic nitrogens is 3. The van der Waals surface area contributed by atoms with E-state index in [0.717, 1.165) is 6.42 Å². The molecule has 2 rings (SSSR count). The maximum atomic E-state index is 13.3. The molecule has 0 amide bonds. The van der Waals surface area contributed by atoms with E-state index in [1.54, 1.807) is 13.1 Å². The third-order valence-corrected chi connectivity index (χ3v) is 3.14. The molecule has 0 saturated heterocycles. The first-order chi connectivity index (χ1) is 10.1. The highest BCUT2D eigenvalue weighted by atomic mass is 79.9. The molecule has 1 aromatic heterocycles. The first kappa shape index (κ1) is 15.4. The molecule has 0 saturated carbocycles. The third-order valence-electron chi connectivity index (χ3n) is 2.45. The van der Waals surface area contributed by atoms with E-state index in [2.05, 4.69) is 41.5 Å². The van der Waals surface area contributed by atoms with E-state index in [4.69, 9.17) is 4.74 Å². The van der Waals surface area contributed by atoms with Gasteiger partial charge in [0, 0.05) is 11.5 Å². The molecule has 0 aliphatic rings. The highest BCUT2D eigenvalue weighted by Crippen LogP contribution is 2.26. The van der Waals surface area contributed by atoms with E-state index in [0.29, 0.717) is 22.7 Å². The summed E-state index contributed by atoms with van der Waals surface area (Å²) in [6.07, 6.45) is 0.846. The molecule has 6 nitrogen and oxygen atoms in total. The molecular formula is C13H15BrFN5O. The van der Waals surface area contributed by atoms with Crippen molar-refractivity contribution in [3.05, 3.63) is 28.5 Å². The average Bonchev–Trinajstić information content (AvgIpc) is 2.48. The summed E-state index contributed by atoms with van der Waals surface area (Å²) in [6.45, 7) is 2.50. The quantitative estimate of drug-likeness (QED) is 0.827. The lowest BCUT2D eigenvalue weighted by molar-refractivity contribution is 0.292. The topological polar surface area (TPSA) is 72.0 Å². The summed E-state index contributed by atoms with van der Waals surface area (Å²) in [6, 6.07) is 4.52. The Morgan fingerprint density at radius 2 is 2.00 bits per heavy atom. The minimum Gasteiger partial charge on any atom is -0.463 e. The third kappa shape index (κ3) is 4.25. The van der Waals surface area contributed by atoms with E-state index in [1.807, 2.05) is 6.92 Å². The van der Waals surface area contributed by atoms with E-state index in [1.165, 1.54) is 12.1 Å². The van der Waals surface area contributed by atoms with Crippen molar-refractivity contribution in [2.45, 2.75) is 13.3 Å². The van der Waals surface area contributed by atoms with Gasteiger partial charge < -0.3 is 15.4 Å². The van der Waals surface area contributed by atoms with Gasteiger partial charge in [-0.1, -0.05) is 6.92 Å². The smallest absolute Gasteiger partial charge is 0.323 e. The van der Waals surface area contributed by atoms with Gasteiger partial charge in [-0.2, -0.15) is 15.0 Å². The lowest BCUT2D eigenvalue weighted by atomic mass is 10.3. The molecular weight excluding hydrogens is 341 g/mol. The van der Waals surface area contributed by atoms with Crippen molar-refractivity contribution in [2.75, 3.05) is 24.3 Å². The Labute approximate surface area is 130 Å². The number of rotatable bonds is 6. The van der Waals surface area contributed by atoms with Crippen LogP contribution in [0.3, 0.4) is 0 Å². The van der Waals surface area contributed by atoms with Crippen LogP contribution in [0.25, 0.3) is 0 Å². The Hall–Kier alpha value is -1.96. The summed E-state index contributed by atoms with van der Waals surface area (Å²) in [7, 11) is 1.70. The number of halogens is 2. The maximum absolute atomic E-state index is 13.3. The summed E-state index contributed by atoms with van der Waals surface area (Å²) >= 11 is 3.34. The van der Waals surface area contributed by atoms with Crippen molar-refractivity contribution in [1.29, 1.82) is 0 Å². The van der Waals surface area contributed by atoms with Gasteiger partial charge in [-0.25, -0.2) is 4.39 Å². The minimum atomic E-state index is -0.356. The molecule has 0 fully saturated rings. The standard InChI is InChI=1S/C13H15BrFN5O/c1-3-6-21-13-19-11(16-2)18-12(20-13)17-10-7-8(15)4-5-9(10)14/h4-5,7H,3,6H2,1-2H3,(H2,16,17,18,19,20). The van der Waals surface area contributed by atoms with Gasteiger partial charge >= 0.3 is 6.01 Å². The SMILES string of the molecule is CCCOc1nc(NC)nc(Nc2cc(F)ccc2Br)n1. The molecule has 0 atom stereocenters. The van der Waals surface area contributed by atoms with Crippen LogP contribution in [0.15, 0.2) is 22.7 Å². The minimum absolute atomic E-state index is 0.214. The monoisotopic (exact) mass is 355 g/mol. The average molecular weight is 356 g/mol. The molecule has 0 aliphatic carbocycles. The molecule has 0 radical (unpaired) electrons. The molecule has 2 aromatic rings. The van der Waals surface area contributed by atoms with Gasteiger partial charge in [-0.3, -0.25) is 0 Å². The molecule has 2 N–H and O–H groups in total. The van der Waals surface area contributed by atoms with Crippen molar-refractivity contribution in [1.82, 2.24) is 15.0 Å². The maximum Gasteiger partial charge on any atom is 0.323 e. The second kappa shape index (κ2) is 7.16. The predicted molar refractivity (Wildman–Crippen MR) is 82.5 cm³/mol. The van der Waals surface area contributed by atoms with Gasteiger partial charge in [0.15, 0.2) is 0 Å². The zero-order chi connectivity index (χ0) is 15.2. The van der Waals surface area contributed by atoms with Crippen LogP contribution < -0.4 is 15.4 Å². The molecule has 112 valence electrons. The lowest BCUT2D eigenvalue weighted by Crippen LogP contribution is -2.08. The van der Waals surface area contributed by atoms with Crippen LogP contribution in [-0.2, 0) is 0 Å². The van der Waals surface area contributed by atoms with Crippen molar-refractivity contribution in [2.24, 2.45) is 0 Å². The van der Waals surface area contributed by atoms with Crippen molar-refractivity contribution in [3.8, 4) is 6.01 Å². The second-order valence-corrected chi connectivity index (χ2v) is 4.97. The zero-order valence-corrected chi connectivity index (χ0v) is 13.2. The Morgan fingerprint density at radius 3 is 2.71 bits per heavy atom. The highest BCUT2D eigenvalue weighted by molar-refractivity contribution is 9.10. The van der Waals surface area contributed by atoms with Crippen LogP contribution in [0.4, 0.5) is 22.0 Å². The van der Waals surface area contributed by atoms with Gasteiger partial charge in [0.1, 0.15) is 5.82 Å². The van der Waals surface area contributed by atoms with Crippen LogP contribution in [0, 0.1) is 5.82 Å². The summed E-state index contributed by atoms with van der Waals surface area (Å²) in [5.74, 6) is 0.281. The Morgan fingerprint density at radius 1 is 1.24 bits per heavy atom. The molecule has 0 bridgehead atoms. The number of nitrogens with one attached hydrogen (secondary N) is 2. The van der Waals surface area contributed by atoms with E-state index >= 15 is 0 Å². The fraction of sp³-hybridized carbons (Fsp3) is 0.308. The molecule has 8 heteroatoms. The van der Waals surface area contributed by atoms with Crippen LogP contribution >= 0.6 is 15.9 Å². The molecule has 1 heterocycles. The first-order valence-electron chi connectivity index (χ1n) is 6.41. The van der Waals surface area contributed by atoms with Crippen molar-refractivity contribution >= 4 is 33.5 Å². The fourth-order valence-electron chi connectivity index (χ4n) is 1.50. The van der Waals surface area contributed by atoms with Crippen LogP contribution in [0.1, 0.15) is 13.3 Å². The number of anilines is 3. The summed E-state index contributed by atoms with van der Waals surface area (Å²) < 4.78 is 19.4. The summed E-state index contributed by atoms with van der Waals surface area (Å²) in [4.78, 5) is 12.4. The normalized spacial score (nSPS) is 10.3.